The lowest BCUT2D eigenvalue weighted by Gasteiger charge is -2.39. The number of alkyl carbamates (subject to hydrolysis) is 1. The number of rotatable bonds is 7. The number of aliphatic carboxylic acids is 1. The molecule has 2 amide bonds. The fraction of sp³-hybridized carbons (Fsp3) is 0.464. The van der Waals surface area contributed by atoms with Gasteiger partial charge in [0.15, 0.2) is 0 Å². The van der Waals surface area contributed by atoms with Crippen LogP contribution in [-0.4, -0.2) is 41.8 Å². The first-order valence-corrected chi connectivity index (χ1v) is 12.3. The molecule has 0 saturated heterocycles. The Morgan fingerprint density at radius 1 is 1.06 bits per heavy atom. The molecule has 0 aliphatic heterocycles. The fourth-order valence-corrected chi connectivity index (χ4v) is 5.30. The van der Waals surface area contributed by atoms with E-state index < -0.39 is 23.0 Å². The molecular weight excluding hydrogens is 444 g/mol. The maximum atomic E-state index is 13.3. The summed E-state index contributed by atoms with van der Waals surface area (Å²) in [6.07, 6.45) is 2.11. The van der Waals surface area contributed by atoms with Crippen molar-refractivity contribution >= 4 is 18.0 Å². The predicted molar refractivity (Wildman–Crippen MR) is 133 cm³/mol. The van der Waals surface area contributed by atoms with Gasteiger partial charge in [-0.2, -0.15) is 0 Å². The molecule has 2 aliphatic rings. The fourth-order valence-electron chi connectivity index (χ4n) is 5.30. The molecule has 35 heavy (non-hydrogen) atoms. The Morgan fingerprint density at radius 3 is 2.23 bits per heavy atom. The summed E-state index contributed by atoms with van der Waals surface area (Å²) in [4.78, 5) is 37.8. The summed E-state index contributed by atoms with van der Waals surface area (Å²) in [5, 5.41) is 15.0. The summed E-state index contributed by atoms with van der Waals surface area (Å²) >= 11 is 0. The van der Waals surface area contributed by atoms with Gasteiger partial charge in [0.2, 0.25) is 5.91 Å². The van der Waals surface area contributed by atoms with Crippen LogP contribution in [0.2, 0.25) is 0 Å². The highest BCUT2D eigenvalue weighted by molar-refractivity contribution is 5.90. The molecule has 0 bridgehead atoms. The van der Waals surface area contributed by atoms with Crippen LogP contribution < -0.4 is 10.6 Å². The zero-order valence-corrected chi connectivity index (χ0v) is 20.6. The van der Waals surface area contributed by atoms with Crippen LogP contribution in [0.4, 0.5) is 4.79 Å². The number of ether oxygens (including phenoxy) is 1. The second-order valence-corrected chi connectivity index (χ2v) is 10.6. The van der Waals surface area contributed by atoms with Crippen molar-refractivity contribution in [3.63, 3.8) is 0 Å². The van der Waals surface area contributed by atoms with Gasteiger partial charge in [-0.05, 0) is 54.9 Å². The quantitative estimate of drug-likeness (QED) is 0.535. The lowest BCUT2D eigenvalue weighted by molar-refractivity contribution is -0.147. The van der Waals surface area contributed by atoms with Crippen LogP contribution in [0.3, 0.4) is 0 Å². The molecule has 1 fully saturated rings. The third-order valence-corrected chi connectivity index (χ3v) is 7.39. The van der Waals surface area contributed by atoms with E-state index in [0.717, 1.165) is 35.1 Å². The molecule has 2 unspecified atom stereocenters. The van der Waals surface area contributed by atoms with E-state index in [0.29, 0.717) is 12.8 Å². The molecule has 0 heterocycles. The maximum Gasteiger partial charge on any atom is 0.408 e. The van der Waals surface area contributed by atoms with Gasteiger partial charge in [0, 0.05) is 12.5 Å². The smallest absolute Gasteiger partial charge is 0.408 e. The van der Waals surface area contributed by atoms with Gasteiger partial charge >= 0.3 is 12.1 Å². The van der Waals surface area contributed by atoms with Crippen molar-refractivity contribution in [2.75, 3.05) is 13.2 Å². The molecule has 2 atom stereocenters. The second-order valence-electron chi connectivity index (χ2n) is 10.6. The van der Waals surface area contributed by atoms with Gasteiger partial charge in [-0.3, -0.25) is 9.59 Å². The third-order valence-electron chi connectivity index (χ3n) is 7.39. The van der Waals surface area contributed by atoms with Crippen molar-refractivity contribution in [1.29, 1.82) is 0 Å². The van der Waals surface area contributed by atoms with Crippen LogP contribution in [0.5, 0.6) is 0 Å². The normalized spacial score (nSPS) is 21.5. The molecule has 1 saturated carbocycles. The van der Waals surface area contributed by atoms with Crippen molar-refractivity contribution in [3.05, 3.63) is 59.7 Å². The van der Waals surface area contributed by atoms with Crippen molar-refractivity contribution in [2.45, 2.75) is 57.9 Å². The average Bonchev–Trinajstić information content (AvgIpc) is 3.15. The largest absolute Gasteiger partial charge is 0.481 e. The lowest BCUT2D eigenvalue weighted by atomic mass is 9.75. The minimum absolute atomic E-state index is 0.0241. The average molecular weight is 479 g/mol. The van der Waals surface area contributed by atoms with Crippen molar-refractivity contribution in [2.24, 2.45) is 11.3 Å². The molecule has 3 N–H and O–H groups in total. The molecule has 0 radical (unpaired) electrons. The number of amides is 2. The topological polar surface area (TPSA) is 105 Å². The van der Waals surface area contributed by atoms with E-state index in [9.17, 15) is 19.5 Å². The van der Waals surface area contributed by atoms with Crippen LogP contribution >= 0.6 is 0 Å². The van der Waals surface area contributed by atoms with Crippen LogP contribution in [0.15, 0.2) is 48.5 Å². The maximum absolute atomic E-state index is 13.3. The van der Waals surface area contributed by atoms with Gasteiger partial charge in [0.05, 0.1) is 5.41 Å². The molecule has 2 aliphatic carbocycles. The first-order valence-electron chi connectivity index (χ1n) is 12.3. The van der Waals surface area contributed by atoms with E-state index in [4.69, 9.17) is 4.74 Å². The minimum Gasteiger partial charge on any atom is -0.481 e. The SMILES string of the molecule is CC1CCCC(NC(=O)OCC2c3ccccc3-c3ccccc32)(C(=O)NCC(C)(C)C(=O)O)C1. The highest BCUT2D eigenvalue weighted by Crippen LogP contribution is 2.44. The molecule has 2 aromatic rings. The van der Waals surface area contributed by atoms with Gasteiger partial charge < -0.3 is 20.5 Å². The van der Waals surface area contributed by atoms with E-state index in [1.165, 1.54) is 0 Å². The van der Waals surface area contributed by atoms with Crippen LogP contribution in [-0.2, 0) is 14.3 Å². The molecular formula is C28H34N2O5. The molecule has 2 aromatic carbocycles. The van der Waals surface area contributed by atoms with Gasteiger partial charge in [0.25, 0.3) is 0 Å². The zero-order chi connectivity index (χ0) is 25.2. The number of carboxylic acid groups (broad SMARTS) is 1. The van der Waals surface area contributed by atoms with Crippen LogP contribution in [0.25, 0.3) is 11.1 Å². The number of carbonyl (C=O) groups is 3. The Kier molecular flexibility index (Phi) is 6.88. The van der Waals surface area contributed by atoms with Gasteiger partial charge in [0.1, 0.15) is 12.1 Å². The van der Waals surface area contributed by atoms with Crippen LogP contribution in [0.1, 0.15) is 63.5 Å². The van der Waals surface area contributed by atoms with Gasteiger partial charge in [-0.1, -0.05) is 68.3 Å². The molecule has 0 aromatic heterocycles. The van der Waals surface area contributed by atoms with E-state index in [2.05, 4.69) is 41.8 Å². The van der Waals surface area contributed by atoms with Crippen molar-refractivity contribution in [1.82, 2.24) is 10.6 Å². The number of carbonyl (C=O) groups excluding carboxylic acids is 2. The van der Waals surface area contributed by atoms with Crippen LogP contribution in [0, 0.1) is 11.3 Å². The Morgan fingerprint density at radius 2 is 1.66 bits per heavy atom. The first kappa shape index (κ1) is 24.8. The Balaban J connectivity index is 1.46. The predicted octanol–water partition coefficient (Wildman–Crippen LogP) is 4.70. The number of hydrogen-bond donors (Lipinski definition) is 3. The second kappa shape index (κ2) is 9.72. The van der Waals surface area contributed by atoms with Crippen molar-refractivity contribution in [3.8, 4) is 11.1 Å². The number of carboxylic acids is 1. The summed E-state index contributed by atoms with van der Waals surface area (Å²) in [7, 11) is 0. The molecule has 0 spiro atoms. The van der Waals surface area contributed by atoms with E-state index >= 15 is 0 Å². The number of hydrogen-bond acceptors (Lipinski definition) is 4. The highest BCUT2D eigenvalue weighted by atomic mass is 16.5. The summed E-state index contributed by atoms with van der Waals surface area (Å²) in [5.74, 6) is -1.17. The summed E-state index contributed by atoms with van der Waals surface area (Å²) < 4.78 is 5.71. The lowest BCUT2D eigenvalue weighted by Crippen LogP contribution is -2.61. The standard InChI is InChI=1S/C28H34N2O5/c1-18-9-8-14-28(15-18,24(31)29-17-27(2,3)25(32)33)30-26(34)35-16-23-21-12-6-4-10-19(21)20-11-5-7-13-22(20)23/h4-7,10-13,18,23H,8-9,14-17H2,1-3H3,(H,29,31)(H,30,34)(H,32,33). The molecule has 7 heteroatoms. The summed E-state index contributed by atoms with van der Waals surface area (Å²) in [6.45, 7) is 5.32. The summed E-state index contributed by atoms with van der Waals surface area (Å²) in [5.41, 5.74) is 2.31. The van der Waals surface area contributed by atoms with E-state index in [1.807, 2.05) is 24.3 Å². The van der Waals surface area contributed by atoms with E-state index in [1.54, 1.807) is 13.8 Å². The van der Waals surface area contributed by atoms with Gasteiger partial charge in [-0.25, -0.2) is 4.79 Å². The zero-order valence-electron chi connectivity index (χ0n) is 20.6. The first-order chi connectivity index (χ1) is 16.6. The summed E-state index contributed by atoms with van der Waals surface area (Å²) in [6, 6.07) is 16.3. The van der Waals surface area contributed by atoms with Gasteiger partial charge in [-0.15, -0.1) is 0 Å². The number of benzene rings is 2. The minimum atomic E-state index is -1.12. The number of fused-ring (bicyclic) bond motifs is 3. The number of nitrogens with one attached hydrogen (secondary N) is 2. The third kappa shape index (κ3) is 5.04. The monoisotopic (exact) mass is 478 g/mol. The van der Waals surface area contributed by atoms with Crippen molar-refractivity contribution < 1.29 is 24.2 Å². The highest BCUT2D eigenvalue weighted by Gasteiger charge is 2.44. The molecule has 4 rings (SSSR count). The Labute approximate surface area is 206 Å². The molecule has 7 nitrogen and oxygen atoms in total. The molecule has 186 valence electrons. The van der Waals surface area contributed by atoms with E-state index in [-0.39, 0.29) is 30.9 Å². The Hall–Kier alpha value is -3.35. The Bertz CT molecular complexity index is 1080.